The Morgan fingerprint density at radius 2 is 2.25 bits per heavy atom. The normalized spacial score (nSPS) is 17.0. The molecule has 0 bridgehead atoms. The fourth-order valence-corrected chi connectivity index (χ4v) is 3.25. The Kier molecular flexibility index (Phi) is 5.93. The van der Waals surface area contributed by atoms with Crippen molar-refractivity contribution >= 4 is 17.3 Å². The molecule has 3 rings (SSSR count). The van der Waals surface area contributed by atoms with Crippen molar-refractivity contribution in [2.45, 2.75) is 39.5 Å². The van der Waals surface area contributed by atoms with E-state index in [0.29, 0.717) is 31.9 Å². The number of aryl methyl sites for hydroxylation is 1. The van der Waals surface area contributed by atoms with Crippen LogP contribution in [0.1, 0.15) is 29.8 Å². The SMILES string of the molecule is Cc1cnn(CC2CN(c3ccc(C(=O)NC(C)C)cc3[N+](=O)[O-])CCO2)c1. The summed E-state index contributed by atoms with van der Waals surface area (Å²) < 4.78 is 7.63. The molecule has 1 aromatic carbocycles. The van der Waals surface area contributed by atoms with E-state index in [1.165, 1.54) is 6.07 Å². The van der Waals surface area contributed by atoms with Gasteiger partial charge in [0.2, 0.25) is 0 Å². The summed E-state index contributed by atoms with van der Waals surface area (Å²) in [4.78, 5) is 25.3. The number of hydrogen-bond acceptors (Lipinski definition) is 6. The standard InChI is InChI=1S/C19H25N5O4/c1-13(2)21-19(25)15-4-5-17(18(8-15)24(26)27)22-6-7-28-16(11-22)12-23-10-14(3)9-20-23/h4-5,8-10,13,16H,6-7,11-12H2,1-3H3,(H,21,25). The van der Waals surface area contributed by atoms with E-state index in [4.69, 9.17) is 4.74 Å². The van der Waals surface area contributed by atoms with Gasteiger partial charge < -0.3 is 15.0 Å². The van der Waals surface area contributed by atoms with Crippen LogP contribution in [0.4, 0.5) is 11.4 Å². The first kappa shape index (κ1) is 19.8. The molecule has 1 aromatic heterocycles. The van der Waals surface area contributed by atoms with Gasteiger partial charge in [0.05, 0.1) is 30.4 Å². The van der Waals surface area contributed by atoms with Gasteiger partial charge in [-0.05, 0) is 38.5 Å². The van der Waals surface area contributed by atoms with Gasteiger partial charge in [-0.2, -0.15) is 5.10 Å². The molecule has 150 valence electrons. The fourth-order valence-electron chi connectivity index (χ4n) is 3.25. The van der Waals surface area contributed by atoms with Crippen molar-refractivity contribution in [3.63, 3.8) is 0 Å². The van der Waals surface area contributed by atoms with Crippen LogP contribution in [0.5, 0.6) is 0 Å². The summed E-state index contributed by atoms with van der Waals surface area (Å²) >= 11 is 0. The molecule has 1 N–H and O–H groups in total. The number of benzene rings is 1. The van der Waals surface area contributed by atoms with Gasteiger partial charge in [-0.1, -0.05) is 0 Å². The van der Waals surface area contributed by atoms with E-state index in [1.54, 1.807) is 18.3 Å². The van der Waals surface area contributed by atoms with Crippen molar-refractivity contribution in [1.29, 1.82) is 0 Å². The average Bonchev–Trinajstić information content (AvgIpc) is 3.05. The Morgan fingerprint density at radius 1 is 1.46 bits per heavy atom. The molecule has 2 aromatic rings. The summed E-state index contributed by atoms with van der Waals surface area (Å²) in [6, 6.07) is 4.57. The van der Waals surface area contributed by atoms with Crippen LogP contribution >= 0.6 is 0 Å². The predicted octanol–water partition coefficient (Wildman–Crippen LogP) is 2.14. The molecule has 1 unspecified atom stereocenters. The van der Waals surface area contributed by atoms with E-state index in [-0.39, 0.29) is 29.3 Å². The third-order valence-electron chi connectivity index (χ3n) is 4.49. The number of anilines is 1. The van der Waals surface area contributed by atoms with Gasteiger partial charge in [0.15, 0.2) is 0 Å². The van der Waals surface area contributed by atoms with Crippen molar-refractivity contribution in [3.8, 4) is 0 Å². The Labute approximate surface area is 163 Å². The Morgan fingerprint density at radius 3 is 2.89 bits per heavy atom. The zero-order valence-electron chi connectivity index (χ0n) is 16.3. The maximum Gasteiger partial charge on any atom is 0.293 e. The van der Waals surface area contributed by atoms with E-state index in [2.05, 4.69) is 10.4 Å². The lowest BCUT2D eigenvalue weighted by molar-refractivity contribution is -0.384. The van der Waals surface area contributed by atoms with Crippen molar-refractivity contribution in [1.82, 2.24) is 15.1 Å². The highest BCUT2D eigenvalue weighted by atomic mass is 16.6. The number of rotatable bonds is 6. The lowest BCUT2D eigenvalue weighted by Crippen LogP contribution is -2.44. The van der Waals surface area contributed by atoms with Crippen LogP contribution in [0.25, 0.3) is 0 Å². The number of carbonyl (C=O) groups excluding carboxylic acids is 1. The number of carbonyl (C=O) groups is 1. The van der Waals surface area contributed by atoms with E-state index in [0.717, 1.165) is 5.56 Å². The van der Waals surface area contributed by atoms with E-state index in [9.17, 15) is 14.9 Å². The van der Waals surface area contributed by atoms with Gasteiger partial charge >= 0.3 is 0 Å². The number of hydrogen-bond donors (Lipinski definition) is 1. The van der Waals surface area contributed by atoms with Crippen molar-refractivity contribution in [3.05, 3.63) is 51.8 Å². The van der Waals surface area contributed by atoms with Crippen LogP contribution in [0.3, 0.4) is 0 Å². The van der Waals surface area contributed by atoms with Gasteiger partial charge in [-0.3, -0.25) is 19.6 Å². The number of nitro groups is 1. The number of morpholine rings is 1. The van der Waals surface area contributed by atoms with Crippen LogP contribution in [-0.4, -0.2) is 52.5 Å². The zero-order chi connectivity index (χ0) is 20.3. The van der Waals surface area contributed by atoms with Crippen LogP contribution in [-0.2, 0) is 11.3 Å². The molecule has 1 atom stereocenters. The quantitative estimate of drug-likeness (QED) is 0.602. The van der Waals surface area contributed by atoms with Crippen LogP contribution in [0, 0.1) is 17.0 Å². The average molecular weight is 387 g/mol. The molecule has 1 saturated heterocycles. The van der Waals surface area contributed by atoms with Crippen LogP contribution in [0.2, 0.25) is 0 Å². The third kappa shape index (κ3) is 4.66. The molecule has 1 aliphatic rings. The molecule has 0 aliphatic carbocycles. The Balaban J connectivity index is 1.79. The summed E-state index contributed by atoms with van der Waals surface area (Å²) in [7, 11) is 0. The van der Waals surface area contributed by atoms with E-state index in [1.807, 2.05) is 36.5 Å². The van der Waals surface area contributed by atoms with Crippen LogP contribution in [0.15, 0.2) is 30.6 Å². The number of amides is 1. The Hall–Kier alpha value is -2.94. The minimum atomic E-state index is -0.442. The number of nitro benzene ring substituents is 1. The van der Waals surface area contributed by atoms with Gasteiger partial charge in [0, 0.05) is 37.0 Å². The molecule has 2 heterocycles. The van der Waals surface area contributed by atoms with Gasteiger partial charge in [-0.25, -0.2) is 0 Å². The summed E-state index contributed by atoms with van der Waals surface area (Å²) in [5, 5.41) is 18.7. The smallest absolute Gasteiger partial charge is 0.293 e. The van der Waals surface area contributed by atoms with E-state index < -0.39 is 4.92 Å². The lowest BCUT2D eigenvalue weighted by Gasteiger charge is -2.34. The molecule has 0 saturated carbocycles. The van der Waals surface area contributed by atoms with Crippen LogP contribution < -0.4 is 10.2 Å². The Bertz CT molecular complexity index is 864. The number of ether oxygens (including phenoxy) is 1. The largest absolute Gasteiger partial charge is 0.373 e. The first-order valence-corrected chi connectivity index (χ1v) is 9.28. The first-order chi connectivity index (χ1) is 13.3. The maximum absolute atomic E-state index is 12.2. The minimum Gasteiger partial charge on any atom is -0.373 e. The van der Waals surface area contributed by atoms with E-state index >= 15 is 0 Å². The zero-order valence-corrected chi connectivity index (χ0v) is 16.3. The van der Waals surface area contributed by atoms with Gasteiger partial charge in [0.25, 0.3) is 11.6 Å². The molecule has 9 nitrogen and oxygen atoms in total. The van der Waals surface area contributed by atoms with Gasteiger partial charge in [0.1, 0.15) is 5.69 Å². The first-order valence-electron chi connectivity index (χ1n) is 9.28. The third-order valence-corrected chi connectivity index (χ3v) is 4.49. The summed E-state index contributed by atoms with van der Waals surface area (Å²) in [5.41, 5.74) is 1.77. The topological polar surface area (TPSA) is 103 Å². The molecular formula is C19H25N5O4. The summed E-state index contributed by atoms with van der Waals surface area (Å²) in [6.07, 6.45) is 3.59. The lowest BCUT2D eigenvalue weighted by atomic mass is 10.1. The molecule has 0 radical (unpaired) electrons. The van der Waals surface area contributed by atoms with Crippen molar-refractivity contribution in [2.24, 2.45) is 0 Å². The second kappa shape index (κ2) is 8.39. The minimum absolute atomic E-state index is 0.0443. The number of aromatic nitrogens is 2. The van der Waals surface area contributed by atoms with Crippen molar-refractivity contribution in [2.75, 3.05) is 24.6 Å². The molecule has 1 aliphatic heterocycles. The second-order valence-corrected chi connectivity index (χ2v) is 7.27. The molecule has 1 fully saturated rings. The number of nitrogens with one attached hydrogen (secondary N) is 1. The molecule has 0 spiro atoms. The molecule has 1 amide bonds. The van der Waals surface area contributed by atoms with Crippen molar-refractivity contribution < 1.29 is 14.5 Å². The molecule has 9 heteroatoms. The fraction of sp³-hybridized carbons (Fsp3) is 0.474. The second-order valence-electron chi connectivity index (χ2n) is 7.27. The highest BCUT2D eigenvalue weighted by Crippen LogP contribution is 2.30. The highest BCUT2D eigenvalue weighted by molar-refractivity contribution is 5.96. The monoisotopic (exact) mass is 387 g/mol. The highest BCUT2D eigenvalue weighted by Gasteiger charge is 2.27. The maximum atomic E-state index is 12.2. The van der Waals surface area contributed by atoms with Gasteiger partial charge in [-0.15, -0.1) is 0 Å². The summed E-state index contributed by atoms with van der Waals surface area (Å²) in [5.74, 6) is -0.321. The predicted molar refractivity (Wildman–Crippen MR) is 105 cm³/mol. The molecule has 28 heavy (non-hydrogen) atoms. The summed E-state index contributed by atoms with van der Waals surface area (Å²) in [6.45, 7) is 7.76. The molecular weight excluding hydrogens is 362 g/mol. The number of nitrogens with zero attached hydrogens (tertiary/aromatic N) is 4.